The maximum atomic E-state index is 13.8. The van der Waals surface area contributed by atoms with Crippen LogP contribution in [0.25, 0.3) is 0 Å². The number of ether oxygens (including phenoxy) is 1. The number of sulfonamides is 1. The number of hydrogen-bond acceptors (Lipinski definition) is 10. The van der Waals surface area contributed by atoms with Gasteiger partial charge in [0, 0.05) is 43.8 Å². The van der Waals surface area contributed by atoms with Gasteiger partial charge >= 0.3 is 6.18 Å². The van der Waals surface area contributed by atoms with Crippen molar-refractivity contribution in [3.63, 3.8) is 0 Å². The summed E-state index contributed by atoms with van der Waals surface area (Å²) in [7, 11) is -1.89. The molecule has 2 aromatic heterocycles. The van der Waals surface area contributed by atoms with E-state index in [0.717, 1.165) is 6.08 Å². The molecular weight excluding hydrogens is 577 g/mol. The van der Waals surface area contributed by atoms with E-state index in [1.54, 1.807) is 31.2 Å². The van der Waals surface area contributed by atoms with E-state index in [2.05, 4.69) is 37.5 Å². The number of carbonyl (C=O) groups is 1. The molecule has 3 N–H and O–H groups in total. The number of carbonyl (C=O) groups excluding carboxylic acids is 1. The van der Waals surface area contributed by atoms with Crippen molar-refractivity contribution in [2.24, 2.45) is 0 Å². The summed E-state index contributed by atoms with van der Waals surface area (Å²) in [5.41, 5.74) is -0.218. The number of hydrogen-bond donors (Lipinski definition) is 3. The highest BCUT2D eigenvalue weighted by Crippen LogP contribution is 2.36. The molecule has 12 nitrogen and oxygen atoms in total. The van der Waals surface area contributed by atoms with Gasteiger partial charge < -0.3 is 25.6 Å². The summed E-state index contributed by atoms with van der Waals surface area (Å²) in [6.45, 7) is 6.46. The van der Waals surface area contributed by atoms with Crippen LogP contribution in [0.3, 0.4) is 0 Å². The molecule has 3 heterocycles. The van der Waals surface area contributed by atoms with Crippen LogP contribution >= 0.6 is 0 Å². The molecule has 16 heteroatoms. The standard InChI is InChI=1S/C26H29F3N8O4S/c1-4-22(38)31-17-7-6-8-18(15-17)32-23-19(26(27,28)29)16-30-25(35-23)33-20-9-10-21(34-24(20)41-3)36-11-13-37(14-12-36)42(39,40)5-2/h4,6-10,15-16H,1,5,11-14H2,2-3H3,(H,31,38)(H2,30,32,33,35). The number of pyridine rings is 1. The Morgan fingerprint density at radius 3 is 2.45 bits per heavy atom. The molecule has 3 aromatic rings. The van der Waals surface area contributed by atoms with Gasteiger partial charge in [0.05, 0.1) is 12.9 Å². The Balaban J connectivity index is 1.55. The predicted molar refractivity (Wildman–Crippen MR) is 153 cm³/mol. The number of methoxy groups -OCH3 is 1. The van der Waals surface area contributed by atoms with E-state index in [4.69, 9.17) is 4.74 Å². The van der Waals surface area contributed by atoms with Crippen molar-refractivity contribution in [2.45, 2.75) is 13.1 Å². The van der Waals surface area contributed by atoms with E-state index in [0.29, 0.717) is 49.6 Å². The monoisotopic (exact) mass is 606 g/mol. The molecule has 0 unspecified atom stereocenters. The van der Waals surface area contributed by atoms with Crippen LogP contribution in [0.2, 0.25) is 0 Å². The van der Waals surface area contributed by atoms with Crippen molar-refractivity contribution in [3.05, 3.63) is 60.8 Å². The van der Waals surface area contributed by atoms with Gasteiger partial charge in [-0.1, -0.05) is 12.6 Å². The number of rotatable bonds is 10. The van der Waals surface area contributed by atoms with Gasteiger partial charge in [0.25, 0.3) is 0 Å². The van der Waals surface area contributed by atoms with Gasteiger partial charge in [-0.2, -0.15) is 27.4 Å². The summed E-state index contributed by atoms with van der Waals surface area (Å²) in [5, 5.41) is 8.04. The zero-order valence-electron chi connectivity index (χ0n) is 22.8. The second-order valence-corrected chi connectivity index (χ2v) is 11.2. The Morgan fingerprint density at radius 2 is 1.81 bits per heavy atom. The Morgan fingerprint density at radius 1 is 1.10 bits per heavy atom. The Kier molecular flexibility index (Phi) is 9.16. The minimum atomic E-state index is -4.75. The minimum absolute atomic E-state index is 0.0308. The number of halogens is 3. The fourth-order valence-corrected chi connectivity index (χ4v) is 5.19. The first-order valence-corrected chi connectivity index (χ1v) is 14.3. The topological polar surface area (TPSA) is 142 Å². The van der Waals surface area contributed by atoms with Gasteiger partial charge in [0.1, 0.15) is 22.9 Å². The van der Waals surface area contributed by atoms with Gasteiger partial charge in [0.15, 0.2) is 0 Å². The first-order chi connectivity index (χ1) is 19.9. The Labute approximate surface area is 240 Å². The second-order valence-electron chi connectivity index (χ2n) is 8.99. The highest BCUT2D eigenvalue weighted by atomic mass is 32.2. The lowest BCUT2D eigenvalue weighted by molar-refractivity contribution is -0.137. The maximum absolute atomic E-state index is 13.8. The maximum Gasteiger partial charge on any atom is 0.421 e. The van der Waals surface area contributed by atoms with Crippen LogP contribution < -0.4 is 25.6 Å². The largest absolute Gasteiger partial charge is 0.479 e. The summed E-state index contributed by atoms with van der Waals surface area (Å²) in [6, 6.07) is 9.38. The number of nitrogens with one attached hydrogen (secondary N) is 3. The summed E-state index contributed by atoms with van der Waals surface area (Å²) in [5.74, 6) is -0.437. The molecule has 0 spiro atoms. The third kappa shape index (κ3) is 7.25. The van der Waals surface area contributed by atoms with Crippen LogP contribution in [0.4, 0.5) is 47.8 Å². The Hall–Kier alpha value is -4.44. The molecule has 0 bridgehead atoms. The van der Waals surface area contributed by atoms with E-state index in [-0.39, 0.29) is 23.3 Å². The van der Waals surface area contributed by atoms with Crippen LogP contribution in [0.1, 0.15) is 12.5 Å². The third-order valence-corrected chi connectivity index (χ3v) is 8.16. The molecule has 0 saturated carbocycles. The average molecular weight is 607 g/mol. The lowest BCUT2D eigenvalue weighted by atomic mass is 10.2. The number of nitrogens with zero attached hydrogens (tertiary/aromatic N) is 5. The van der Waals surface area contributed by atoms with E-state index < -0.39 is 33.5 Å². The Bertz CT molecular complexity index is 1560. The third-order valence-electron chi connectivity index (χ3n) is 6.28. The number of amides is 1. The summed E-state index contributed by atoms with van der Waals surface area (Å²) in [4.78, 5) is 25.9. The van der Waals surface area contributed by atoms with Crippen molar-refractivity contribution >= 4 is 50.6 Å². The summed E-state index contributed by atoms with van der Waals surface area (Å²) < 4.78 is 72.5. The van der Waals surface area contributed by atoms with E-state index in [1.807, 2.05) is 4.90 Å². The number of benzene rings is 1. The van der Waals surface area contributed by atoms with Gasteiger partial charge in [0.2, 0.25) is 27.8 Å². The van der Waals surface area contributed by atoms with Crippen molar-refractivity contribution in [3.8, 4) is 5.88 Å². The van der Waals surface area contributed by atoms with Crippen LogP contribution in [-0.2, 0) is 21.0 Å². The van der Waals surface area contributed by atoms with Crippen molar-refractivity contribution in [1.29, 1.82) is 0 Å². The molecule has 1 amide bonds. The SMILES string of the molecule is C=CC(=O)Nc1cccc(Nc2nc(Nc3ccc(N4CCN(S(=O)(=O)CC)CC4)nc3OC)ncc2C(F)(F)F)c1. The number of aromatic nitrogens is 3. The number of alkyl halides is 3. The van der Waals surface area contributed by atoms with Gasteiger partial charge in [-0.15, -0.1) is 0 Å². The van der Waals surface area contributed by atoms with E-state index in [9.17, 15) is 26.4 Å². The molecule has 0 aliphatic carbocycles. The van der Waals surface area contributed by atoms with Crippen LogP contribution in [0.5, 0.6) is 5.88 Å². The molecular formula is C26H29F3N8O4S. The van der Waals surface area contributed by atoms with E-state index >= 15 is 0 Å². The lowest BCUT2D eigenvalue weighted by Gasteiger charge is -2.34. The fourth-order valence-electron chi connectivity index (χ4n) is 4.11. The predicted octanol–water partition coefficient (Wildman–Crippen LogP) is 3.98. The molecule has 1 aromatic carbocycles. The van der Waals surface area contributed by atoms with Gasteiger partial charge in [-0.3, -0.25) is 4.79 Å². The van der Waals surface area contributed by atoms with Gasteiger partial charge in [-0.05, 0) is 43.3 Å². The highest BCUT2D eigenvalue weighted by molar-refractivity contribution is 7.89. The van der Waals surface area contributed by atoms with Crippen LogP contribution in [0, 0.1) is 0 Å². The average Bonchev–Trinajstić information content (AvgIpc) is 2.97. The van der Waals surface area contributed by atoms with Crippen LogP contribution in [-0.4, -0.2) is 72.6 Å². The summed E-state index contributed by atoms with van der Waals surface area (Å²) in [6.07, 6.45) is -3.03. The number of piperazine rings is 1. The molecule has 4 rings (SSSR count). The molecule has 0 atom stereocenters. The van der Waals surface area contributed by atoms with Crippen LogP contribution in [0.15, 0.2) is 55.3 Å². The molecule has 42 heavy (non-hydrogen) atoms. The quantitative estimate of drug-likeness (QED) is 0.290. The molecule has 1 aliphatic rings. The fraction of sp³-hybridized carbons (Fsp3) is 0.308. The van der Waals surface area contributed by atoms with Gasteiger partial charge in [-0.25, -0.2) is 13.4 Å². The molecule has 0 radical (unpaired) electrons. The van der Waals surface area contributed by atoms with E-state index in [1.165, 1.54) is 23.5 Å². The zero-order valence-corrected chi connectivity index (χ0v) is 23.6. The smallest absolute Gasteiger partial charge is 0.421 e. The lowest BCUT2D eigenvalue weighted by Crippen LogP contribution is -2.49. The van der Waals surface area contributed by atoms with Crippen molar-refractivity contribution in [2.75, 3.05) is 59.9 Å². The zero-order chi connectivity index (χ0) is 30.5. The first-order valence-electron chi connectivity index (χ1n) is 12.7. The van der Waals surface area contributed by atoms with Crippen molar-refractivity contribution < 1.29 is 31.1 Å². The molecule has 1 saturated heterocycles. The normalized spacial score (nSPS) is 14.3. The first kappa shape index (κ1) is 30.5. The molecule has 1 fully saturated rings. The number of anilines is 6. The molecule has 224 valence electrons. The molecule has 1 aliphatic heterocycles. The van der Waals surface area contributed by atoms with Crippen molar-refractivity contribution in [1.82, 2.24) is 19.3 Å². The summed E-state index contributed by atoms with van der Waals surface area (Å²) >= 11 is 0. The highest BCUT2D eigenvalue weighted by Gasteiger charge is 2.35. The minimum Gasteiger partial charge on any atom is -0.479 e. The second kappa shape index (κ2) is 12.6.